The zero-order chi connectivity index (χ0) is 15.0. The number of imidazole rings is 1. The van der Waals surface area contributed by atoms with Crippen LogP contribution in [0.1, 0.15) is 40.2 Å². The average molecular weight is 294 g/mol. The summed E-state index contributed by atoms with van der Waals surface area (Å²) in [5.41, 5.74) is 0.945. The van der Waals surface area contributed by atoms with Crippen molar-refractivity contribution in [3.63, 3.8) is 0 Å². The highest BCUT2D eigenvalue weighted by Gasteiger charge is 2.35. The van der Waals surface area contributed by atoms with Crippen molar-refractivity contribution >= 4 is 6.29 Å². The van der Waals surface area contributed by atoms with Crippen LogP contribution in [0.2, 0.25) is 0 Å². The Morgan fingerprint density at radius 3 is 2.67 bits per heavy atom. The molecule has 1 aromatic heterocycles. The van der Waals surface area contributed by atoms with E-state index in [1.165, 1.54) is 23.0 Å². The predicted octanol–water partition coefficient (Wildman–Crippen LogP) is 3.58. The van der Waals surface area contributed by atoms with E-state index in [1.54, 1.807) is 0 Å². The fourth-order valence-electron chi connectivity index (χ4n) is 2.74. The molecule has 0 fully saturated rings. The van der Waals surface area contributed by atoms with Gasteiger partial charge in [-0.2, -0.15) is 13.2 Å². The monoisotopic (exact) mass is 294 g/mol. The molecular formula is C15H13F3N2O. The number of alkyl halides is 3. The second-order valence-electron chi connectivity index (χ2n) is 5.11. The molecule has 0 bridgehead atoms. The maximum atomic E-state index is 13.2. The van der Waals surface area contributed by atoms with Crippen molar-refractivity contribution in [1.29, 1.82) is 0 Å². The van der Waals surface area contributed by atoms with Crippen LogP contribution in [-0.4, -0.2) is 15.8 Å². The summed E-state index contributed by atoms with van der Waals surface area (Å²) in [7, 11) is 0. The third-order valence-corrected chi connectivity index (χ3v) is 3.75. The largest absolute Gasteiger partial charge is 0.418 e. The highest BCUT2D eigenvalue weighted by molar-refractivity contribution is 5.76. The summed E-state index contributed by atoms with van der Waals surface area (Å²) in [6.45, 7) is 0. The Morgan fingerprint density at radius 2 is 1.95 bits per heavy atom. The molecule has 0 N–H and O–H groups in total. The topological polar surface area (TPSA) is 34.9 Å². The van der Waals surface area contributed by atoms with Crippen molar-refractivity contribution in [1.82, 2.24) is 9.55 Å². The van der Waals surface area contributed by atoms with E-state index >= 15 is 0 Å². The van der Waals surface area contributed by atoms with Gasteiger partial charge < -0.3 is 4.57 Å². The molecule has 3 rings (SSSR count). The highest BCUT2D eigenvalue weighted by Crippen LogP contribution is 2.35. The summed E-state index contributed by atoms with van der Waals surface area (Å²) < 4.78 is 41.2. The minimum absolute atomic E-state index is 0.0139. The summed E-state index contributed by atoms with van der Waals surface area (Å²) in [5, 5.41) is 0. The lowest BCUT2D eigenvalue weighted by molar-refractivity contribution is -0.137. The molecule has 110 valence electrons. The van der Waals surface area contributed by atoms with Crippen LogP contribution in [0.15, 0.2) is 24.5 Å². The number of carbonyl (C=O) groups excluding carboxylic acids is 1. The molecule has 0 radical (unpaired) electrons. The van der Waals surface area contributed by atoms with Crippen LogP contribution in [-0.2, 0) is 19.0 Å². The molecular weight excluding hydrogens is 281 g/mol. The standard InChI is InChI=1S/C15H13F3N2O/c16-15(17,18)11-7-10(8-21)5-6-13(11)20-9-19-12-3-1-2-4-14(12)20/h5-9H,1-4H2. The fraction of sp³-hybridized carbons (Fsp3) is 0.333. The number of aromatic nitrogens is 2. The molecule has 0 saturated heterocycles. The predicted molar refractivity (Wildman–Crippen MR) is 70.6 cm³/mol. The van der Waals surface area contributed by atoms with Gasteiger partial charge in [0.25, 0.3) is 0 Å². The van der Waals surface area contributed by atoms with Crippen molar-refractivity contribution in [3.8, 4) is 5.69 Å². The molecule has 21 heavy (non-hydrogen) atoms. The summed E-state index contributed by atoms with van der Waals surface area (Å²) >= 11 is 0. The second-order valence-corrected chi connectivity index (χ2v) is 5.11. The van der Waals surface area contributed by atoms with E-state index in [9.17, 15) is 18.0 Å². The maximum absolute atomic E-state index is 13.2. The van der Waals surface area contributed by atoms with Gasteiger partial charge in [0, 0.05) is 11.3 Å². The molecule has 0 aliphatic heterocycles. The number of halogens is 3. The quantitative estimate of drug-likeness (QED) is 0.793. The number of nitrogens with zero attached hydrogens (tertiary/aromatic N) is 2. The van der Waals surface area contributed by atoms with Crippen LogP contribution in [0.5, 0.6) is 0 Å². The molecule has 2 aromatic rings. The number of carbonyl (C=O) groups is 1. The molecule has 1 heterocycles. The highest BCUT2D eigenvalue weighted by atomic mass is 19.4. The van der Waals surface area contributed by atoms with Gasteiger partial charge >= 0.3 is 6.18 Å². The van der Waals surface area contributed by atoms with Gasteiger partial charge in [0.1, 0.15) is 6.29 Å². The lowest BCUT2D eigenvalue weighted by Gasteiger charge is -2.18. The number of benzene rings is 1. The first-order chi connectivity index (χ1) is 10.0. The third kappa shape index (κ3) is 2.46. The van der Waals surface area contributed by atoms with E-state index in [0.29, 0.717) is 6.29 Å². The van der Waals surface area contributed by atoms with Crippen molar-refractivity contribution in [3.05, 3.63) is 47.0 Å². The zero-order valence-corrected chi connectivity index (χ0v) is 11.2. The lowest BCUT2D eigenvalue weighted by atomic mass is 10.0. The van der Waals surface area contributed by atoms with Crippen molar-refractivity contribution in [2.75, 3.05) is 0 Å². The van der Waals surface area contributed by atoms with E-state index in [2.05, 4.69) is 4.98 Å². The summed E-state index contributed by atoms with van der Waals surface area (Å²) in [6, 6.07) is 3.62. The van der Waals surface area contributed by atoms with E-state index in [-0.39, 0.29) is 11.3 Å². The SMILES string of the molecule is O=Cc1ccc(-n2cnc3c2CCCC3)c(C(F)(F)F)c1. The molecule has 0 unspecified atom stereocenters. The lowest BCUT2D eigenvalue weighted by Crippen LogP contribution is -2.14. The van der Waals surface area contributed by atoms with Gasteiger partial charge in [-0.05, 0) is 43.9 Å². The maximum Gasteiger partial charge on any atom is 0.418 e. The van der Waals surface area contributed by atoms with E-state index in [0.717, 1.165) is 43.1 Å². The summed E-state index contributed by atoms with van der Waals surface area (Å²) in [4.78, 5) is 15.0. The average Bonchev–Trinajstić information content (AvgIpc) is 2.89. The Bertz CT molecular complexity index is 689. The van der Waals surface area contributed by atoms with Crippen molar-refractivity contribution < 1.29 is 18.0 Å². The van der Waals surface area contributed by atoms with E-state index in [4.69, 9.17) is 0 Å². The van der Waals surface area contributed by atoms with Gasteiger partial charge in [0.15, 0.2) is 0 Å². The number of aryl methyl sites for hydroxylation is 1. The van der Waals surface area contributed by atoms with Gasteiger partial charge in [-0.25, -0.2) is 4.98 Å². The minimum atomic E-state index is -4.51. The summed E-state index contributed by atoms with van der Waals surface area (Å²) in [6.07, 6.45) is 0.842. The van der Waals surface area contributed by atoms with Crippen LogP contribution in [0, 0.1) is 0 Å². The number of aldehydes is 1. The van der Waals surface area contributed by atoms with Gasteiger partial charge in [-0.1, -0.05) is 0 Å². The number of fused-ring (bicyclic) bond motifs is 1. The minimum Gasteiger partial charge on any atom is -0.302 e. The molecule has 0 atom stereocenters. The molecule has 1 aliphatic carbocycles. The Morgan fingerprint density at radius 1 is 1.19 bits per heavy atom. The fourth-order valence-corrected chi connectivity index (χ4v) is 2.74. The van der Waals surface area contributed by atoms with Gasteiger partial charge in [0.05, 0.1) is 23.3 Å². The van der Waals surface area contributed by atoms with E-state index < -0.39 is 11.7 Å². The Kier molecular flexibility index (Phi) is 3.31. The van der Waals surface area contributed by atoms with E-state index in [1.807, 2.05) is 0 Å². The molecule has 1 aromatic carbocycles. The molecule has 3 nitrogen and oxygen atoms in total. The summed E-state index contributed by atoms with van der Waals surface area (Å²) in [5.74, 6) is 0. The van der Waals surface area contributed by atoms with Crippen LogP contribution >= 0.6 is 0 Å². The second kappa shape index (κ2) is 5.02. The first kappa shape index (κ1) is 13.9. The van der Waals surface area contributed by atoms with Gasteiger partial charge in [0.2, 0.25) is 0 Å². The number of hydrogen-bond donors (Lipinski definition) is 0. The van der Waals surface area contributed by atoms with Gasteiger partial charge in [-0.3, -0.25) is 4.79 Å². The Labute approximate surface area is 119 Å². The molecule has 0 amide bonds. The van der Waals surface area contributed by atoms with Crippen molar-refractivity contribution in [2.24, 2.45) is 0 Å². The first-order valence-electron chi connectivity index (χ1n) is 6.72. The van der Waals surface area contributed by atoms with Crippen LogP contribution in [0.4, 0.5) is 13.2 Å². The van der Waals surface area contributed by atoms with Crippen LogP contribution < -0.4 is 0 Å². The van der Waals surface area contributed by atoms with Crippen molar-refractivity contribution in [2.45, 2.75) is 31.9 Å². The third-order valence-electron chi connectivity index (χ3n) is 3.75. The number of rotatable bonds is 2. The zero-order valence-electron chi connectivity index (χ0n) is 11.2. The van der Waals surface area contributed by atoms with Gasteiger partial charge in [-0.15, -0.1) is 0 Å². The Hall–Kier alpha value is -2.11. The van der Waals surface area contributed by atoms with Crippen LogP contribution in [0.25, 0.3) is 5.69 Å². The Balaban J connectivity index is 2.18. The molecule has 0 spiro atoms. The first-order valence-corrected chi connectivity index (χ1v) is 6.72. The smallest absolute Gasteiger partial charge is 0.302 e. The molecule has 6 heteroatoms. The van der Waals surface area contributed by atoms with Crippen LogP contribution in [0.3, 0.4) is 0 Å². The number of hydrogen-bond acceptors (Lipinski definition) is 2. The normalized spacial score (nSPS) is 14.8. The molecule has 0 saturated carbocycles. The molecule has 1 aliphatic rings.